The molecule has 14 heavy (non-hydrogen) atoms. The van der Waals surface area contributed by atoms with E-state index < -0.39 is 18.2 Å². The fourth-order valence-electron chi connectivity index (χ4n) is 1.88. The monoisotopic (exact) mass is 198 g/mol. The molecule has 2 unspecified atom stereocenters. The highest BCUT2D eigenvalue weighted by Gasteiger charge is 2.29. The lowest BCUT2D eigenvalue weighted by atomic mass is 9.97. The minimum atomic E-state index is -1.51. The van der Waals surface area contributed by atoms with Crippen LogP contribution in [-0.2, 0) is 14.4 Å². The number of aliphatic carboxylic acids is 1. The molecule has 1 aliphatic carbocycles. The van der Waals surface area contributed by atoms with Crippen molar-refractivity contribution in [3.05, 3.63) is 0 Å². The van der Waals surface area contributed by atoms with Crippen molar-refractivity contribution in [2.24, 2.45) is 11.8 Å². The maximum Gasteiger partial charge on any atom is 0.372 e. The average molecular weight is 198 g/mol. The molecule has 1 N–H and O–H groups in total. The molecule has 0 bridgehead atoms. The molecular weight excluding hydrogens is 184 g/mol. The Labute approximate surface area is 82.3 Å². The van der Waals surface area contributed by atoms with E-state index in [1.165, 1.54) is 0 Å². The van der Waals surface area contributed by atoms with E-state index in [0.29, 0.717) is 5.92 Å². The van der Waals surface area contributed by atoms with Crippen LogP contribution in [0.3, 0.4) is 0 Å². The number of ketones is 2. The quantitative estimate of drug-likeness (QED) is 0.541. The molecule has 0 heterocycles. The zero-order valence-corrected chi connectivity index (χ0v) is 8.16. The fourth-order valence-corrected chi connectivity index (χ4v) is 1.88. The molecular formula is C10H14O4. The van der Waals surface area contributed by atoms with E-state index in [-0.39, 0.29) is 11.7 Å². The number of carboxylic acids is 1. The van der Waals surface area contributed by atoms with Crippen molar-refractivity contribution in [2.45, 2.75) is 32.6 Å². The van der Waals surface area contributed by atoms with Crippen LogP contribution in [0.15, 0.2) is 0 Å². The van der Waals surface area contributed by atoms with Gasteiger partial charge in [0.2, 0.25) is 5.78 Å². The number of rotatable bonds is 4. The summed E-state index contributed by atoms with van der Waals surface area (Å²) in [7, 11) is 0. The number of carbonyl (C=O) groups excluding carboxylic acids is 2. The van der Waals surface area contributed by atoms with Gasteiger partial charge in [-0.25, -0.2) is 4.79 Å². The molecule has 1 rings (SSSR count). The van der Waals surface area contributed by atoms with Gasteiger partial charge in [-0.1, -0.05) is 6.92 Å². The first-order chi connectivity index (χ1) is 6.50. The van der Waals surface area contributed by atoms with Gasteiger partial charge < -0.3 is 5.11 Å². The Hall–Kier alpha value is -1.19. The highest BCUT2D eigenvalue weighted by molar-refractivity contribution is 6.36. The molecule has 0 aromatic heterocycles. The zero-order valence-electron chi connectivity index (χ0n) is 8.16. The predicted octanol–water partition coefficient (Wildman–Crippen LogP) is 1.04. The Bertz CT molecular complexity index is 269. The van der Waals surface area contributed by atoms with Gasteiger partial charge in [-0.3, -0.25) is 9.59 Å². The molecule has 4 nitrogen and oxygen atoms in total. The summed E-state index contributed by atoms with van der Waals surface area (Å²) in [4.78, 5) is 32.4. The van der Waals surface area contributed by atoms with E-state index in [4.69, 9.17) is 5.11 Å². The summed E-state index contributed by atoms with van der Waals surface area (Å²) in [6, 6.07) is 0. The lowest BCUT2D eigenvalue weighted by Gasteiger charge is -2.05. The molecule has 2 atom stereocenters. The largest absolute Gasteiger partial charge is 0.475 e. The van der Waals surface area contributed by atoms with Gasteiger partial charge in [0.1, 0.15) is 5.78 Å². The smallest absolute Gasteiger partial charge is 0.372 e. The Morgan fingerprint density at radius 2 is 1.93 bits per heavy atom. The Kier molecular flexibility index (Phi) is 3.38. The highest BCUT2D eigenvalue weighted by atomic mass is 16.4. The van der Waals surface area contributed by atoms with Crippen LogP contribution in [0.5, 0.6) is 0 Å². The third kappa shape index (κ3) is 2.65. The minimum Gasteiger partial charge on any atom is -0.475 e. The van der Waals surface area contributed by atoms with Crippen LogP contribution in [-0.4, -0.2) is 22.6 Å². The summed E-state index contributed by atoms with van der Waals surface area (Å²) in [5.41, 5.74) is 0. The van der Waals surface area contributed by atoms with Gasteiger partial charge in [-0.05, 0) is 25.2 Å². The van der Waals surface area contributed by atoms with Crippen molar-refractivity contribution in [1.29, 1.82) is 0 Å². The van der Waals surface area contributed by atoms with E-state index in [1.54, 1.807) is 0 Å². The first-order valence-electron chi connectivity index (χ1n) is 4.79. The van der Waals surface area contributed by atoms with Gasteiger partial charge in [0.15, 0.2) is 0 Å². The summed E-state index contributed by atoms with van der Waals surface area (Å²) in [5, 5.41) is 8.32. The summed E-state index contributed by atoms with van der Waals surface area (Å²) in [5.74, 6) is -2.28. The molecule has 78 valence electrons. The topological polar surface area (TPSA) is 71.4 Å². The standard InChI is InChI=1S/C10H14O4/c1-6-2-3-7(4-6)8(11)5-9(12)10(13)14/h6-7H,2-5H2,1H3,(H,13,14). The van der Waals surface area contributed by atoms with Crippen molar-refractivity contribution in [2.75, 3.05) is 0 Å². The third-order valence-corrected chi connectivity index (χ3v) is 2.72. The fraction of sp³-hybridized carbons (Fsp3) is 0.700. The molecule has 0 spiro atoms. The van der Waals surface area contributed by atoms with Crippen LogP contribution < -0.4 is 0 Å². The average Bonchev–Trinajstić information content (AvgIpc) is 2.51. The first kappa shape index (κ1) is 10.9. The van der Waals surface area contributed by atoms with Gasteiger partial charge in [0.25, 0.3) is 0 Å². The Morgan fingerprint density at radius 1 is 1.29 bits per heavy atom. The lowest BCUT2D eigenvalue weighted by molar-refractivity contribution is -0.150. The highest BCUT2D eigenvalue weighted by Crippen LogP contribution is 2.31. The van der Waals surface area contributed by atoms with Crippen LogP contribution in [0, 0.1) is 11.8 Å². The number of carbonyl (C=O) groups is 3. The number of Topliss-reactive ketones (excluding diaryl/α,β-unsaturated/α-hetero) is 2. The molecule has 1 fully saturated rings. The third-order valence-electron chi connectivity index (χ3n) is 2.72. The summed E-state index contributed by atoms with van der Waals surface area (Å²) < 4.78 is 0. The number of carboxylic acid groups (broad SMARTS) is 1. The predicted molar refractivity (Wildman–Crippen MR) is 48.8 cm³/mol. The maximum atomic E-state index is 11.4. The van der Waals surface area contributed by atoms with E-state index in [0.717, 1.165) is 19.3 Å². The molecule has 0 radical (unpaired) electrons. The van der Waals surface area contributed by atoms with Crippen molar-refractivity contribution in [3.63, 3.8) is 0 Å². The lowest BCUT2D eigenvalue weighted by Crippen LogP contribution is -2.21. The van der Waals surface area contributed by atoms with Crippen LogP contribution >= 0.6 is 0 Å². The summed E-state index contributed by atoms with van der Waals surface area (Å²) in [6.07, 6.45) is 2.16. The maximum absolute atomic E-state index is 11.4. The van der Waals surface area contributed by atoms with E-state index in [9.17, 15) is 14.4 Å². The second kappa shape index (κ2) is 4.35. The van der Waals surface area contributed by atoms with Gasteiger partial charge in [-0.15, -0.1) is 0 Å². The molecule has 1 aliphatic rings. The molecule has 0 aliphatic heterocycles. The van der Waals surface area contributed by atoms with Crippen LogP contribution in [0.2, 0.25) is 0 Å². The van der Waals surface area contributed by atoms with Gasteiger partial charge in [-0.2, -0.15) is 0 Å². The van der Waals surface area contributed by atoms with Crippen molar-refractivity contribution in [1.82, 2.24) is 0 Å². The molecule has 4 heteroatoms. The van der Waals surface area contributed by atoms with Gasteiger partial charge in [0.05, 0.1) is 6.42 Å². The first-order valence-corrected chi connectivity index (χ1v) is 4.79. The molecule has 1 saturated carbocycles. The van der Waals surface area contributed by atoms with E-state index >= 15 is 0 Å². The van der Waals surface area contributed by atoms with Crippen molar-refractivity contribution >= 4 is 17.5 Å². The van der Waals surface area contributed by atoms with Gasteiger partial charge >= 0.3 is 5.97 Å². The zero-order chi connectivity index (χ0) is 10.7. The molecule has 0 amide bonds. The number of hydrogen-bond acceptors (Lipinski definition) is 3. The molecule has 0 aromatic carbocycles. The van der Waals surface area contributed by atoms with Gasteiger partial charge in [0, 0.05) is 5.92 Å². The van der Waals surface area contributed by atoms with E-state index in [1.807, 2.05) is 0 Å². The molecule has 0 saturated heterocycles. The Morgan fingerprint density at radius 3 is 2.36 bits per heavy atom. The van der Waals surface area contributed by atoms with Crippen LogP contribution in [0.4, 0.5) is 0 Å². The second-order valence-corrected chi connectivity index (χ2v) is 3.99. The minimum absolute atomic E-state index is 0.0895. The van der Waals surface area contributed by atoms with Crippen LogP contribution in [0.25, 0.3) is 0 Å². The summed E-state index contributed by atoms with van der Waals surface area (Å²) in [6.45, 7) is 2.06. The number of hydrogen-bond donors (Lipinski definition) is 1. The SMILES string of the molecule is CC1CCC(C(=O)CC(=O)C(=O)O)C1. The second-order valence-electron chi connectivity index (χ2n) is 3.99. The molecule has 0 aromatic rings. The van der Waals surface area contributed by atoms with E-state index in [2.05, 4.69) is 6.92 Å². The summed E-state index contributed by atoms with van der Waals surface area (Å²) >= 11 is 0. The van der Waals surface area contributed by atoms with Crippen molar-refractivity contribution in [3.8, 4) is 0 Å². The van der Waals surface area contributed by atoms with Crippen LogP contribution in [0.1, 0.15) is 32.6 Å². The van der Waals surface area contributed by atoms with Crippen molar-refractivity contribution < 1.29 is 19.5 Å². The Balaban J connectivity index is 2.43. The normalized spacial score (nSPS) is 26.1.